The Bertz CT molecular complexity index is 525. The van der Waals surface area contributed by atoms with Crippen molar-refractivity contribution in [1.82, 2.24) is 0 Å². The molecule has 1 aromatic carbocycles. The third-order valence-corrected chi connectivity index (χ3v) is 2.94. The van der Waals surface area contributed by atoms with E-state index in [9.17, 15) is 14.4 Å². The van der Waals surface area contributed by atoms with Gasteiger partial charge in [-0.2, -0.15) is 0 Å². The zero-order chi connectivity index (χ0) is 14.6. The summed E-state index contributed by atoms with van der Waals surface area (Å²) in [5.74, 6) is -3.63. The predicted octanol–water partition coefficient (Wildman–Crippen LogP) is 2.94. The molecule has 1 rings (SSSR count). The first kappa shape index (κ1) is 15.7. The number of carbonyl (C=O) groups is 3. The van der Waals surface area contributed by atoms with Crippen LogP contribution in [0.25, 0.3) is 0 Å². The number of esters is 1. The molecule has 1 aromatic rings. The van der Waals surface area contributed by atoms with Crippen molar-refractivity contribution in [2.75, 3.05) is 6.61 Å². The van der Waals surface area contributed by atoms with Crippen molar-refractivity contribution in [3.63, 3.8) is 0 Å². The molecule has 0 N–H and O–H groups in total. The lowest BCUT2D eigenvalue weighted by molar-refractivity contribution is -0.148. The summed E-state index contributed by atoms with van der Waals surface area (Å²) in [7, 11) is 0. The lowest BCUT2D eigenvalue weighted by Crippen LogP contribution is -2.32. The number of benzene rings is 1. The number of Topliss-reactive ketones (excluding diaryl/α,β-unsaturated/α-hetero) is 2. The largest absolute Gasteiger partial charge is 0.465 e. The topological polar surface area (TPSA) is 60.4 Å². The van der Waals surface area contributed by atoms with Gasteiger partial charge in [-0.1, -0.05) is 23.2 Å². The van der Waals surface area contributed by atoms with E-state index in [4.69, 9.17) is 27.9 Å². The van der Waals surface area contributed by atoms with Gasteiger partial charge in [0.15, 0.2) is 17.5 Å². The van der Waals surface area contributed by atoms with Gasteiger partial charge in [-0.3, -0.25) is 14.4 Å². The number of carbonyl (C=O) groups excluding carboxylic acids is 3. The lowest BCUT2D eigenvalue weighted by atomic mass is 9.94. The first-order chi connectivity index (χ1) is 8.88. The van der Waals surface area contributed by atoms with Crippen molar-refractivity contribution in [2.45, 2.75) is 13.8 Å². The molecule has 4 nitrogen and oxygen atoms in total. The van der Waals surface area contributed by atoms with Crippen LogP contribution in [0.4, 0.5) is 0 Å². The first-order valence-corrected chi connectivity index (χ1v) is 6.30. The smallest absolute Gasteiger partial charge is 0.324 e. The van der Waals surface area contributed by atoms with E-state index < -0.39 is 23.5 Å². The summed E-state index contributed by atoms with van der Waals surface area (Å²) in [6.07, 6.45) is 0. The summed E-state index contributed by atoms with van der Waals surface area (Å²) in [6.45, 7) is 2.84. The minimum absolute atomic E-state index is 0.0688. The summed E-state index contributed by atoms with van der Waals surface area (Å²) in [5, 5.41) is 0.449. The number of ketones is 2. The van der Waals surface area contributed by atoms with Crippen molar-refractivity contribution in [3.8, 4) is 0 Å². The average molecular weight is 303 g/mol. The van der Waals surface area contributed by atoms with Crippen molar-refractivity contribution in [2.24, 2.45) is 5.92 Å². The van der Waals surface area contributed by atoms with Gasteiger partial charge < -0.3 is 4.74 Å². The number of hydrogen-bond donors (Lipinski definition) is 0. The van der Waals surface area contributed by atoms with Crippen molar-refractivity contribution in [3.05, 3.63) is 33.8 Å². The minimum Gasteiger partial charge on any atom is -0.465 e. The third-order valence-electron chi connectivity index (χ3n) is 2.39. The molecule has 1 atom stereocenters. The maximum Gasteiger partial charge on any atom is 0.324 e. The quantitative estimate of drug-likeness (QED) is 0.477. The zero-order valence-corrected chi connectivity index (χ0v) is 11.9. The normalized spacial score (nSPS) is 11.8. The van der Waals surface area contributed by atoms with Gasteiger partial charge in [0.25, 0.3) is 0 Å². The molecule has 0 saturated carbocycles. The van der Waals surface area contributed by atoms with E-state index in [2.05, 4.69) is 0 Å². The van der Waals surface area contributed by atoms with E-state index in [0.717, 1.165) is 6.92 Å². The summed E-state index contributed by atoms with van der Waals surface area (Å²) >= 11 is 11.6. The summed E-state index contributed by atoms with van der Waals surface area (Å²) in [6, 6.07) is 4.21. The van der Waals surface area contributed by atoms with E-state index in [1.807, 2.05) is 0 Å². The van der Waals surface area contributed by atoms with Gasteiger partial charge in [0.05, 0.1) is 11.6 Å². The van der Waals surface area contributed by atoms with Gasteiger partial charge >= 0.3 is 5.97 Å². The Morgan fingerprint density at radius 1 is 1.26 bits per heavy atom. The van der Waals surface area contributed by atoms with Crippen LogP contribution >= 0.6 is 23.2 Å². The van der Waals surface area contributed by atoms with Crippen molar-refractivity contribution < 1.29 is 19.1 Å². The highest BCUT2D eigenvalue weighted by molar-refractivity contribution is 6.38. The van der Waals surface area contributed by atoms with Crippen LogP contribution in [0.5, 0.6) is 0 Å². The highest BCUT2D eigenvalue weighted by Crippen LogP contribution is 2.24. The Morgan fingerprint density at radius 3 is 2.37 bits per heavy atom. The second-order valence-electron chi connectivity index (χ2n) is 3.78. The molecule has 0 aromatic heterocycles. The number of rotatable bonds is 5. The van der Waals surface area contributed by atoms with Crippen molar-refractivity contribution >= 4 is 40.7 Å². The second-order valence-corrected chi connectivity index (χ2v) is 4.63. The SMILES string of the molecule is CCOC(=O)C(C(C)=O)C(=O)c1ccc(Cl)cc1Cl. The monoisotopic (exact) mass is 302 g/mol. The van der Waals surface area contributed by atoms with Crippen LogP contribution in [0.3, 0.4) is 0 Å². The van der Waals surface area contributed by atoms with Gasteiger partial charge in [-0.25, -0.2) is 0 Å². The molecule has 0 fully saturated rings. The second kappa shape index (κ2) is 6.68. The Labute approximate surface area is 120 Å². The van der Waals surface area contributed by atoms with Crippen LogP contribution in [-0.4, -0.2) is 24.1 Å². The number of ether oxygens (including phenoxy) is 1. The Hall–Kier alpha value is -1.39. The van der Waals surface area contributed by atoms with Gasteiger partial charge in [-0.05, 0) is 32.0 Å². The third kappa shape index (κ3) is 3.78. The Balaban J connectivity index is 3.13. The zero-order valence-electron chi connectivity index (χ0n) is 10.4. The molecule has 0 aliphatic rings. The molecule has 1 unspecified atom stereocenters. The van der Waals surface area contributed by atoms with E-state index in [1.54, 1.807) is 6.92 Å². The predicted molar refractivity (Wildman–Crippen MR) is 71.6 cm³/mol. The van der Waals surface area contributed by atoms with Crippen LogP contribution in [0.1, 0.15) is 24.2 Å². The summed E-state index contributed by atoms with van der Waals surface area (Å²) in [5.41, 5.74) is 0.0688. The Morgan fingerprint density at radius 2 is 1.89 bits per heavy atom. The van der Waals surface area contributed by atoms with Crippen LogP contribution < -0.4 is 0 Å². The fourth-order valence-corrected chi connectivity index (χ4v) is 2.03. The van der Waals surface area contributed by atoms with E-state index >= 15 is 0 Å². The molecular formula is C13H12Cl2O4. The average Bonchev–Trinajstić information content (AvgIpc) is 2.28. The Kier molecular flexibility index (Phi) is 5.51. The highest BCUT2D eigenvalue weighted by Gasteiger charge is 2.34. The maximum atomic E-state index is 12.2. The summed E-state index contributed by atoms with van der Waals surface area (Å²) in [4.78, 5) is 35.3. The van der Waals surface area contributed by atoms with Crippen LogP contribution in [0.15, 0.2) is 18.2 Å². The fourth-order valence-electron chi connectivity index (χ4n) is 1.53. The molecule has 0 aliphatic carbocycles. The maximum absolute atomic E-state index is 12.2. The number of hydrogen-bond acceptors (Lipinski definition) is 4. The molecule has 0 aliphatic heterocycles. The number of halogens is 2. The lowest BCUT2D eigenvalue weighted by Gasteiger charge is -2.12. The van der Waals surface area contributed by atoms with Crippen LogP contribution in [0, 0.1) is 5.92 Å². The molecule has 19 heavy (non-hydrogen) atoms. The van der Waals surface area contributed by atoms with E-state index in [0.29, 0.717) is 5.02 Å². The van der Waals surface area contributed by atoms with Gasteiger partial charge in [0.1, 0.15) is 0 Å². The minimum atomic E-state index is -1.49. The molecule has 102 valence electrons. The fraction of sp³-hybridized carbons (Fsp3) is 0.308. The summed E-state index contributed by atoms with van der Waals surface area (Å²) < 4.78 is 4.72. The molecule has 0 heterocycles. The molecule has 0 spiro atoms. The molecule has 0 radical (unpaired) electrons. The van der Waals surface area contributed by atoms with Gasteiger partial charge in [-0.15, -0.1) is 0 Å². The molecule has 0 amide bonds. The van der Waals surface area contributed by atoms with Gasteiger partial charge in [0, 0.05) is 10.6 Å². The standard InChI is InChI=1S/C13H12Cl2O4/c1-3-19-13(18)11(7(2)16)12(17)9-5-4-8(14)6-10(9)15/h4-6,11H,3H2,1-2H3. The molecular weight excluding hydrogens is 291 g/mol. The van der Waals surface area contributed by atoms with Crippen molar-refractivity contribution in [1.29, 1.82) is 0 Å². The first-order valence-electron chi connectivity index (χ1n) is 5.54. The van der Waals surface area contributed by atoms with Gasteiger partial charge in [0.2, 0.25) is 0 Å². The van der Waals surface area contributed by atoms with E-state index in [-0.39, 0.29) is 17.2 Å². The van der Waals surface area contributed by atoms with E-state index in [1.165, 1.54) is 18.2 Å². The molecule has 6 heteroatoms. The molecule has 0 bridgehead atoms. The highest BCUT2D eigenvalue weighted by atomic mass is 35.5. The van der Waals surface area contributed by atoms with Crippen LogP contribution in [0.2, 0.25) is 10.0 Å². The molecule has 0 saturated heterocycles. The van der Waals surface area contributed by atoms with Crippen LogP contribution in [-0.2, 0) is 14.3 Å².